The number of nitrogens with two attached hydrogens (primary N) is 1. The lowest BCUT2D eigenvalue weighted by molar-refractivity contribution is 0.482. The molecule has 0 aliphatic rings. The molecular formula is C15H16N2OS. The minimum Gasteiger partial charge on any atom is -0.457 e. The summed E-state index contributed by atoms with van der Waals surface area (Å²) in [5.41, 5.74) is 8.72. The standard InChI is InChI=1S/C15H16N2OS/c1-10-3-6-14(9-11(10)2)18-13-7-4-12(5-8-13)17-15(16)19/h3-9H,1-2H3,(H3,16,17,19). The van der Waals surface area contributed by atoms with Gasteiger partial charge in [-0.15, -0.1) is 0 Å². The molecule has 0 heterocycles. The molecule has 2 aromatic carbocycles. The van der Waals surface area contributed by atoms with Crippen molar-refractivity contribution in [2.24, 2.45) is 5.73 Å². The van der Waals surface area contributed by atoms with E-state index in [1.54, 1.807) is 0 Å². The van der Waals surface area contributed by atoms with Gasteiger partial charge in [0.2, 0.25) is 0 Å². The van der Waals surface area contributed by atoms with Crippen LogP contribution in [0.4, 0.5) is 5.69 Å². The SMILES string of the molecule is Cc1ccc(Oc2ccc(NC(N)=S)cc2)cc1C. The Morgan fingerprint density at radius 1 is 1.00 bits per heavy atom. The number of rotatable bonds is 3. The maximum Gasteiger partial charge on any atom is 0.168 e. The molecule has 19 heavy (non-hydrogen) atoms. The van der Waals surface area contributed by atoms with E-state index in [1.165, 1.54) is 11.1 Å². The van der Waals surface area contributed by atoms with Crippen LogP contribution >= 0.6 is 12.2 Å². The molecule has 0 spiro atoms. The number of hydrogen-bond donors (Lipinski definition) is 2. The molecule has 98 valence electrons. The van der Waals surface area contributed by atoms with Crippen molar-refractivity contribution in [3.63, 3.8) is 0 Å². The zero-order valence-corrected chi connectivity index (χ0v) is 11.8. The van der Waals surface area contributed by atoms with Crippen LogP contribution in [0.3, 0.4) is 0 Å². The van der Waals surface area contributed by atoms with E-state index < -0.39 is 0 Å². The van der Waals surface area contributed by atoms with Crippen LogP contribution in [0.2, 0.25) is 0 Å². The van der Waals surface area contributed by atoms with Crippen molar-refractivity contribution >= 4 is 23.0 Å². The highest BCUT2D eigenvalue weighted by molar-refractivity contribution is 7.80. The van der Waals surface area contributed by atoms with Crippen molar-refractivity contribution in [2.75, 3.05) is 5.32 Å². The first-order valence-electron chi connectivity index (χ1n) is 5.96. The summed E-state index contributed by atoms with van der Waals surface area (Å²) in [5, 5.41) is 3.12. The van der Waals surface area contributed by atoms with Crippen LogP contribution in [-0.2, 0) is 0 Å². The quantitative estimate of drug-likeness (QED) is 0.835. The third kappa shape index (κ3) is 3.69. The largest absolute Gasteiger partial charge is 0.457 e. The third-order valence-electron chi connectivity index (χ3n) is 2.84. The van der Waals surface area contributed by atoms with Crippen molar-refractivity contribution in [3.8, 4) is 11.5 Å². The smallest absolute Gasteiger partial charge is 0.168 e. The van der Waals surface area contributed by atoms with Crippen molar-refractivity contribution in [2.45, 2.75) is 13.8 Å². The molecule has 2 rings (SSSR count). The highest BCUT2D eigenvalue weighted by atomic mass is 32.1. The predicted octanol–water partition coefficient (Wildman–Crippen LogP) is 3.75. The van der Waals surface area contributed by atoms with Crippen LogP contribution in [0.1, 0.15) is 11.1 Å². The van der Waals surface area contributed by atoms with Gasteiger partial charge in [-0.2, -0.15) is 0 Å². The van der Waals surface area contributed by atoms with Crippen molar-refractivity contribution in [1.82, 2.24) is 0 Å². The topological polar surface area (TPSA) is 47.3 Å². The Hall–Kier alpha value is -2.07. The molecule has 0 bridgehead atoms. The van der Waals surface area contributed by atoms with E-state index >= 15 is 0 Å². The van der Waals surface area contributed by atoms with Gasteiger partial charge in [-0.25, -0.2) is 0 Å². The van der Waals surface area contributed by atoms with Gasteiger partial charge in [0, 0.05) is 5.69 Å². The Balaban J connectivity index is 2.10. The molecule has 2 aromatic rings. The van der Waals surface area contributed by atoms with E-state index in [2.05, 4.69) is 19.2 Å². The fraction of sp³-hybridized carbons (Fsp3) is 0.133. The van der Waals surface area contributed by atoms with Gasteiger partial charge in [0.1, 0.15) is 11.5 Å². The van der Waals surface area contributed by atoms with Crippen LogP contribution in [-0.4, -0.2) is 5.11 Å². The number of ether oxygens (including phenoxy) is 1. The number of anilines is 1. The number of thiocarbonyl (C=S) groups is 1. The molecular weight excluding hydrogens is 256 g/mol. The number of aryl methyl sites for hydroxylation is 2. The molecule has 0 radical (unpaired) electrons. The van der Waals surface area contributed by atoms with Gasteiger partial charge >= 0.3 is 0 Å². The first-order valence-corrected chi connectivity index (χ1v) is 6.37. The van der Waals surface area contributed by atoms with Crippen molar-refractivity contribution in [1.29, 1.82) is 0 Å². The van der Waals surface area contributed by atoms with Gasteiger partial charge < -0.3 is 15.8 Å². The number of nitrogens with one attached hydrogen (secondary N) is 1. The average molecular weight is 272 g/mol. The number of hydrogen-bond acceptors (Lipinski definition) is 2. The Morgan fingerprint density at radius 2 is 1.63 bits per heavy atom. The Bertz CT molecular complexity index is 594. The second-order valence-electron chi connectivity index (χ2n) is 4.36. The third-order valence-corrected chi connectivity index (χ3v) is 2.94. The van der Waals surface area contributed by atoms with E-state index in [0.29, 0.717) is 0 Å². The normalized spacial score (nSPS) is 10.0. The molecule has 0 fully saturated rings. The van der Waals surface area contributed by atoms with Crippen molar-refractivity contribution in [3.05, 3.63) is 53.6 Å². The van der Waals surface area contributed by atoms with Gasteiger partial charge in [0.25, 0.3) is 0 Å². The summed E-state index contributed by atoms with van der Waals surface area (Å²) in [6, 6.07) is 13.5. The summed E-state index contributed by atoms with van der Waals surface area (Å²) in [7, 11) is 0. The minimum atomic E-state index is 0.253. The van der Waals surface area contributed by atoms with E-state index in [0.717, 1.165) is 17.2 Å². The molecule has 0 aliphatic carbocycles. The highest BCUT2D eigenvalue weighted by Crippen LogP contribution is 2.24. The molecule has 4 heteroatoms. The molecule has 3 N–H and O–H groups in total. The summed E-state index contributed by atoms with van der Waals surface area (Å²) in [4.78, 5) is 0. The second kappa shape index (κ2) is 5.71. The van der Waals surface area contributed by atoms with E-state index in [4.69, 9.17) is 22.7 Å². The maximum atomic E-state index is 5.78. The first kappa shape index (κ1) is 13.4. The predicted molar refractivity (Wildman–Crippen MR) is 82.8 cm³/mol. The Morgan fingerprint density at radius 3 is 2.21 bits per heavy atom. The molecule has 0 aliphatic heterocycles. The van der Waals surface area contributed by atoms with E-state index in [1.807, 2.05) is 42.5 Å². The molecule has 0 saturated heterocycles. The van der Waals surface area contributed by atoms with Gasteiger partial charge in [0.05, 0.1) is 0 Å². The lowest BCUT2D eigenvalue weighted by Gasteiger charge is -2.09. The second-order valence-corrected chi connectivity index (χ2v) is 4.80. The van der Waals surface area contributed by atoms with Crippen LogP contribution in [0.25, 0.3) is 0 Å². The summed E-state index contributed by atoms with van der Waals surface area (Å²) in [6.45, 7) is 4.15. The zero-order chi connectivity index (χ0) is 13.8. The van der Waals surface area contributed by atoms with Crippen LogP contribution in [0.15, 0.2) is 42.5 Å². The van der Waals surface area contributed by atoms with E-state index in [-0.39, 0.29) is 5.11 Å². The minimum absolute atomic E-state index is 0.253. The first-order chi connectivity index (χ1) is 9.04. The van der Waals surface area contributed by atoms with Gasteiger partial charge in [-0.1, -0.05) is 6.07 Å². The summed E-state index contributed by atoms with van der Waals surface area (Å²) >= 11 is 4.78. The summed E-state index contributed by atoms with van der Waals surface area (Å²) in [6.07, 6.45) is 0. The zero-order valence-electron chi connectivity index (χ0n) is 10.9. The van der Waals surface area contributed by atoms with Gasteiger partial charge in [-0.3, -0.25) is 0 Å². The molecule has 0 saturated carbocycles. The van der Waals surface area contributed by atoms with E-state index in [9.17, 15) is 0 Å². The van der Waals surface area contributed by atoms with Crippen LogP contribution < -0.4 is 15.8 Å². The fourth-order valence-corrected chi connectivity index (χ4v) is 1.78. The molecule has 0 unspecified atom stereocenters. The van der Waals surface area contributed by atoms with Crippen molar-refractivity contribution < 1.29 is 4.74 Å². The maximum absolute atomic E-state index is 5.78. The summed E-state index contributed by atoms with van der Waals surface area (Å²) < 4.78 is 5.78. The average Bonchev–Trinajstić information content (AvgIpc) is 2.36. The number of benzene rings is 2. The van der Waals surface area contributed by atoms with Gasteiger partial charge in [-0.05, 0) is 73.6 Å². The Kier molecular flexibility index (Phi) is 4.02. The summed E-state index contributed by atoms with van der Waals surface area (Å²) in [5.74, 6) is 1.61. The van der Waals surface area contributed by atoms with Gasteiger partial charge in [0.15, 0.2) is 5.11 Å². The van der Waals surface area contributed by atoms with Crippen LogP contribution in [0, 0.1) is 13.8 Å². The lowest BCUT2D eigenvalue weighted by Crippen LogP contribution is -2.18. The molecule has 0 amide bonds. The van der Waals surface area contributed by atoms with Crippen LogP contribution in [0.5, 0.6) is 11.5 Å². The molecule has 3 nitrogen and oxygen atoms in total. The highest BCUT2D eigenvalue weighted by Gasteiger charge is 2.00. The fourth-order valence-electron chi connectivity index (χ4n) is 1.66. The molecule has 0 atom stereocenters. The monoisotopic (exact) mass is 272 g/mol. The lowest BCUT2D eigenvalue weighted by atomic mass is 10.1. The Labute approximate surface area is 118 Å². The molecule has 0 aromatic heterocycles.